The summed E-state index contributed by atoms with van der Waals surface area (Å²) < 4.78 is 15.0. The van der Waals surface area contributed by atoms with Gasteiger partial charge in [-0.3, -0.25) is 14.3 Å². The van der Waals surface area contributed by atoms with Crippen LogP contribution < -0.4 is 5.32 Å². The van der Waals surface area contributed by atoms with Crippen LogP contribution in [-0.2, 0) is 22.7 Å². The number of likely N-dealkylation sites (tertiary alicyclic amines) is 1. The van der Waals surface area contributed by atoms with Crippen molar-refractivity contribution in [3.05, 3.63) is 53.1 Å². The molecule has 1 aliphatic rings. The molecule has 0 bridgehead atoms. The molecular weight excluding hydrogens is 347 g/mol. The Bertz CT molecular complexity index is 816. The van der Waals surface area contributed by atoms with Gasteiger partial charge in [0.15, 0.2) is 0 Å². The van der Waals surface area contributed by atoms with Crippen LogP contribution in [0.5, 0.6) is 0 Å². The molecule has 27 heavy (non-hydrogen) atoms. The Morgan fingerprint density at radius 1 is 1.30 bits per heavy atom. The highest BCUT2D eigenvalue weighted by atomic mass is 19.1. The van der Waals surface area contributed by atoms with Crippen LogP contribution in [0.15, 0.2) is 30.3 Å². The molecule has 2 aromatic rings. The highest BCUT2D eigenvalue weighted by molar-refractivity contribution is 5.88. The third kappa shape index (κ3) is 4.72. The predicted octanol–water partition coefficient (Wildman–Crippen LogP) is 2.34. The number of aromatic nitrogens is 2. The van der Waals surface area contributed by atoms with E-state index in [9.17, 15) is 14.0 Å². The van der Waals surface area contributed by atoms with Crippen LogP contribution in [0.25, 0.3) is 0 Å². The summed E-state index contributed by atoms with van der Waals surface area (Å²) in [7, 11) is 0. The summed E-state index contributed by atoms with van der Waals surface area (Å²) in [5, 5.41) is 7.31. The maximum absolute atomic E-state index is 13.1. The summed E-state index contributed by atoms with van der Waals surface area (Å²) in [6, 6.07) is 7.54. The van der Waals surface area contributed by atoms with Crippen molar-refractivity contribution in [3.63, 3.8) is 0 Å². The molecule has 2 amide bonds. The fraction of sp³-hybridized carbons (Fsp3) is 0.450. The lowest BCUT2D eigenvalue weighted by molar-refractivity contribution is -0.144. The van der Waals surface area contributed by atoms with Gasteiger partial charge in [0.25, 0.3) is 0 Å². The Kier molecular flexibility index (Phi) is 5.88. The van der Waals surface area contributed by atoms with Gasteiger partial charge in [-0.2, -0.15) is 5.10 Å². The highest BCUT2D eigenvalue weighted by Gasteiger charge is 2.33. The van der Waals surface area contributed by atoms with Crippen LogP contribution in [0.4, 0.5) is 4.39 Å². The number of hydrogen-bond acceptors (Lipinski definition) is 3. The number of amides is 2. The summed E-state index contributed by atoms with van der Waals surface area (Å²) in [5.41, 5.74) is 2.81. The van der Waals surface area contributed by atoms with Crippen molar-refractivity contribution in [1.82, 2.24) is 20.0 Å². The molecule has 3 rings (SSSR count). The minimum absolute atomic E-state index is 0.0377. The van der Waals surface area contributed by atoms with Gasteiger partial charge in [0.1, 0.15) is 11.9 Å². The van der Waals surface area contributed by atoms with E-state index in [0.29, 0.717) is 38.9 Å². The second-order valence-electron chi connectivity index (χ2n) is 7.00. The zero-order chi connectivity index (χ0) is 19.4. The molecule has 144 valence electrons. The lowest BCUT2D eigenvalue weighted by Gasteiger charge is -2.34. The molecule has 1 atom stereocenters. The van der Waals surface area contributed by atoms with Gasteiger partial charge in [-0.05, 0) is 50.5 Å². The predicted molar refractivity (Wildman–Crippen MR) is 99.3 cm³/mol. The zero-order valence-electron chi connectivity index (χ0n) is 15.7. The van der Waals surface area contributed by atoms with E-state index in [-0.39, 0.29) is 17.6 Å². The van der Waals surface area contributed by atoms with Crippen LogP contribution in [0.1, 0.15) is 36.2 Å². The van der Waals surface area contributed by atoms with Crippen molar-refractivity contribution in [2.75, 3.05) is 6.54 Å². The number of nitrogens with zero attached hydrogens (tertiary/aromatic N) is 3. The lowest BCUT2D eigenvalue weighted by Crippen LogP contribution is -2.51. The van der Waals surface area contributed by atoms with Gasteiger partial charge in [-0.25, -0.2) is 4.39 Å². The van der Waals surface area contributed by atoms with Crippen molar-refractivity contribution >= 4 is 11.8 Å². The number of hydrogen-bond donors (Lipinski definition) is 1. The van der Waals surface area contributed by atoms with Crippen molar-refractivity contribution < 1.29 is 14.0 Å². The molecule has 1 aromatic heterocycles. The van der Waals surface area contributed by atoms with E-state index in [1.165, 1.54) is 12.1 Å². The van der Waals surface area contributed by atoms with Gasteiger partial charge in [0, 0.05) is 25.2 Å². The van der Waals surface area contributed by atoms with Crippen LogP contribution >= 0.6 is 0 Å². The summed E-state index contributed by atoms with van der Waals surface area (Å²) in [4.78, 5) is 26.7. The molecular formula is C20H25FN4O2. The van der Waals surface area contributed by atoms with Crippen LogP contribution in [0.2, 0.25) is 0 Å². The molecule has 1 aliphatic heterocycles. The van der Waals surface area contributed by atoms with Gasteiger partial charge < -0.3 is 10.2 Å². The van der Waals surface area contributed by atoms with Gasteiger partial charge in [0.05, 0.1) is 12.2 Å². The molecule has 1 aromatic carbocycles. The lowest BCUT2D eigenvalue weighted by atomic mass is 9.99. The minimum atomic E-state index is -0.489. The van der Waals surface area contributed by atoms with E-state index in [0.717, 1.165) is 17.0 Å². The van der Waals surface area contributed by atoms with Crippen molar-refractivity contribution in [2.24, 2.45) is 0 Å². The van der Waals surface area contributed by atoms with E-state index >= 15 is 0 Å². The Labute approximate surface area is 158 Å². The Morgan fingerprint density at radius 3 is 2.70 bits per heavy atom. The minimum Gasteiger partial charge on any atom is -0.352 e. The molecule has 0 aliphatic carbocycles. The second kappa shape index (κ2) is 8.33. The van der Waals surface area contributed by atoms with Gasteiger partial charge in [0.2, 0.25) is 11.8 Å². The van der Waals surface area contributed by atoms with Crippen molar-refractivity contribution in [2.45, 2.75) is 52.2 Å². The third-order valence-corrected chi connectivity index (χ3v) is 4.86. The molecule has 0 saturated carbocycles. The number of nitrogens with one attached hydrogen (secondary N) is 1. The zero-order valence-corrected chi connectivity index (χ0v) is 15.7. The van der Waals surface area contributed by atoms with E-state index in [4.69, 9.17) is 0 Å². The summed E-state index contributed by atoms with van der Waals surface area (Å²) >= 11 is 0. The van der Waals surface area contributed by atoms with Crippen LogP contribution in [-0.4, -0.2) is 39.1 Å². The standard InChI is InChI=1S/C20H25FN4O2/c1-14-12-15(2)25(23-14)11-10-22-20(27)18-4-3-5-19(26)24(18)13-16-6-8-17(21)9-7-16/h6-9,12,18H,3-5,10-11,13H2,1-2H3,(H,22,27). The highest BCUT2D eigenvalue weighted by Crippen LogP contribution is 2.21. The quantitative estimate of drug-likeness (QED) is 0.846. The molecule has 1 fully saturated rings. The number of aryl methyl sites for hydroxylation is 2. The fourth-order valence-corrected chi connectivity index (χ4v) is 3.48. The van der Waals surface area contributed by atoms with Crippen molar-refractivity contribution in [1.29, 1.82) is 0 Å². The molecule has 1 saturated heterocycles. The number of benzene rings is 1. The number of rotatable bonds is 6. The normalized spacial score (nSPS) is 17.2. The number of carbonyl (C=O) groups is 2. The fourth-order valence-electron chi connectivity index (χ4n) is 3.48. The largest absolute Gasteiger partial charge is 0.352 e. The molecule has 7 heteroatoms. The number of piperidine rings is 1. The SMILES string of the molecule is Cc1cc(C)n(CCNC(=O)C2CCCC(=O)N2Cc2ccc(F)cc2)n1. The first-order valence-corrected chi connectivity index (χ1v) is 9.27. The van der Waals surface area contributed by atoms with Crippen LogP contribution in [0.3, 0.4) is 0 Å². The molecule has 0 radical (unpaired) electrons. The molecule has 0 spiro atoms. The van der Waals surface area contributed by atoms with E-state index in [2.05, 4.69) is 10.4 Å². The van der Waals surface area contributed by atoms with E-state index in [1.54, 1.807) is 17.0 Å². The maximum Gasteiger partial charge on any atom is 0.242 e. The molecule has 6 nitrogen and oxygen atoms in total. The first kappa shape index (κ1) is 19.1. The van der Waals surface area contributed by atoms with Crippen molar-refractivity contribution in [3.8, 4) is 0 Å². The Morgan fingerprint density at radius 2 is 2.04 bits per heavy atom. The first-order chi connectivity index (χ1) is 12.9. The average molecular weight is 372 g/mol. The second-order valence-corrected chi connectivity index (χ2v) is 7.00. The molecule has 1 unspecified atom stereocenters. The van der Waals surface area contributed by atoms with Gasteiger partial charge in [-0.15, -0.1) is 0 Å². The smallest absolute Gasteiger partial charge is 0.242 e. The first-order valence-electron chi connectivity index (χ1n) is 9.27. The Balaban J connectivity index is 1.61. The third-order valence-electron chi connectivity index (χ3n) is 4.86. The maximum atomic E-state index is 13.1. The molecule has 1 N–H and O–H groups in total. The summed E-state index contributed by atoms with van der Waals surface area (Å²) in [6.45, 7) is 5.27. The Hall–Kier alpha value is -2.70. The van der Waals surface area contributed by atoms with E-state index in [1.807, 2.05) is 24.6 Å². The van der Waals surface area contributed by atoms with Crippen LogP contribution in [0, 0.1) is 19.7 Å². The van der Waals surface area contributed by atoms with Gasteiger partial charge >= 0.3 is 0 Å². The number of carbonyl (C=O) groups excluding carboxylic acids is 2. The topological polar surface area (TPSA) is 67.2 Å². The molecule has 2 heterocycles. The number of halogens is 1. The summed E-state index contributed by atoms with van der Waals surface area (Å²) in [5.74, 6) is -0.502. The monoisotopic (exact) mass is 372 g/mol. The van der Waals surface area contributed by atoms with E-state index < -0.39 is 6.04 Å². The average Bonchev–Trinajstić information content (AvgIpc) is 2.95. The summed E-state index contributed by atoms with van der Waals surface area (Å²) in [6.07, 6.45) is 1.78. The van der Waals surface area contributed by atoms with Gasteiger partial charge in [-0.1, -0.05) is 12.1 Å².